The lowest BCUT2D eigenvalue weighted by Crippen LogP contribution is -2.41. The number of esters is 1. The summed E-state index contributed by atoms with van der Waals surface area (Å²) in [6.45, 7) is 3.43. The van der Waals surface area contributed by atoms with Crippen LogP contribution in [0.2, 0.25) is 0 Å². The van der Waals surface area contributed by atoms with Crippen molar-refractivity contribution in [3.05, 3.63) is 29.8 Å². The summed E-state index contributed by atoms with van der Waals surface area (Å²) >= 11 is 0. The molecule has 1 aromatic rings. The predicted octanol–water partition coefficient (Wildman–Crippen LogP) is 1.68. The van der Waals surface area contributed by atoms with E-state index in [4.69, 9.17) is 10.5 Å². The van der Waals surface area contributed by atoms with E-state index in [0.29, 0.717) is 17.2 Å². The van der Waals surface area contributed by atoms with Crippen LogP contribution in [0.5, 0.6) is 0 Å². The molecule has 5 nitrogen and oxygen atoms in total. The van der Waals surface area contributed by atoms with Crippen LogP contribution in [-0.4, -0.2) is 36.5 Å². The number of hydrogen-bond donors (Lipinski definition) is 1. The van der Waals surface area contributed by atoms with Gasteiger partial charge in [0.1, 0.15) is 0 Å². The van der Waals surface area contributed by atoms with Crippen LogP contribution in [0.4, 0.5) is 5.69 Å². The fourth-order valence-corrected chi connectivity index (χ4v) is 2.34. The van der Waals surface area contributed by atoms with Crippen LogP contribution in [0.1, 0.15) is 30.1 Å². The van der Waals surface area contributed by atoms with Gasteiger partial charge in [-0.3, -0.25) is 4.79 Å². The molecule has 0 spiro atoms. The molecule has 0 aliphatic carbocycles. The van der Waals surface area contributed by atoms with Crippen LogP contribution in [0.15, 0.2) is 24.3 Å². The maximum atomic E-state index is 12.0. The summed E-state index contributed by atoms with van der Waals surface area (Å²) in [4.78, 5) is 25.5. The average Bonchev–Trinajstić information content (AvgIpc) is 2.45. The van der Waals surface area contributed by atoms with Crippen molar-refractivity contribution in [1.29, 1.82) is 0 Å². The summed E-state index contributed by atoms with van der Waals surface area (Å²) < 4.78 is 5.05. The number of likely N-dealkylation sites (tertiary alicyclic amines) is 1. The minimum absolute atomic E-state index is 0.125. The summed E-state index contributed by atoms with van der Waals surface area (Å²) in [6.07, 6.45) is 2.16. The van der Waals surface area contributed by atoms with E-state index in [1.165, 1.54) is 0 Å². The van der Waals surface area contributed by atoms with Gasteiger partial charge in [0, 0.05) is 18.8 Å². The third kappa shape index (κ3) is 3.73. The molecule has 1 aromatic carbocycles. The second kappa shape index (κ2) is 6.41. The van der Waals surface area contributed by atoms with E-state index in [-0.39, 0.29) is 12.5 Å². The highest BCUT2D eigenvalue weighted by Crippen LogP contribution is 2.15. The quantitative estimate of drug-likeness (QED) is 0.673. The number of nitrogen functional groups attached to an aromatic ring is 1. The normalized spacial score (nSPS) is 18.6. The van der Waals surface area contributed by atoms with Crippen molar-refractivity contribution in [2.24, 2.45) is 5.92 Å². The van der Waals surface area contributed by atoms with Gasteiger partial charge in [-0.15, -0.1) is 0 Å². The Balaban J connectivity index is 1.83. The smallest absolute Gasteiger partial charge is 0.338 e. The van der Waals surface area contributed by atoms with Crippen molar-refractivity contribution in [2.75, 3.05) is 25.4 Å². The molecule has 1 heterocycles. The Hall–Kier alpha value is -2.04. The summed E-state index contributed by atoms with van der Waals surface area (Å²) in [5.41, 5.74) is 6.53. The third-order valence-corrected chi connectivity index (χ3v) is 3.48. The molecule has 1 amide bonds. The zero-order valence-corrected chi connectivity index (χ0v) is 11.7. The lowest BCUT2D eigenvalue weighted by atomic mass is 10.0. The Morgan fingerprint density at radius 1 is 1.35 bits per heavy atom. The number of amides is 1. The van der Waals surface area contributed by atoms with Crippen LogP contribution in [0, 0.1) is 5.92 Å². The molecular formula is C15H20N2O3. The van der Waals surface area contributed by atoms with Crippen molar-refractivity contribution in [3.63, 3.8) is 0 Å². The molecule has 5 heteroatoms. The first-order valence-corrected chi connectivity index (χ1v) is 6.86. The molecule has 0 radical (unpaired) electrons. The number of piperidine rings is 1. The Bertz CT molecular complexity index is 484. The molecule has 1 aliphatic heterocycles. The standard InChI is InChI=1S/C15H20N2O3/c1-11-3-2-8-17(9-11)14(18)10-20-15(19)12-4-6-13(16)7-5-12/h4-7,11H,2-3,8-10,16H2,1H3/t11-/m1/s1. The van der Waals surface area contributed by atoms with E-state index in [0.717, 1.165) is 25.9 Å². The lowest BCUT2D eigenvalue weighted by Gasteiger charge is -2.30. The van der Waals surface area contributed by atoms with Gasteiger partial charge in [-0.1, -0.05) is 6.92 Å². The highest BCUT2D eigenvalue weighted by Gasteiger charge is 2.21. The predicted molar refractivity (Wildman–Crippen MR) is 76.1 cm³/mol. The first-order valence-electron chi connectivity index (χ1n) is 6.86. The molecule has 1 atom stereocenters. The Labute approximate surface area is 118 Å². The molecule has 108 valence electrons. The topological polar surface area (TPSA) is 72.6 Å². The van der Waals surface area contributed by atoms with Gasteiger partial charge in [0.05, 0.1) is 5.56 Å². The average molecular weight is 276 g/mol. The SMILES string of the molecule is C[C@@H]1CCCN(C(=O)COC(=O)c2ccc(N)cc2)C1. The first kappa shape index (κ1) is 14.4. The van der Waals surface area contributed by atoms with Crippen molar-refractivity contribution >= 4 is 17.6 Å². The van der Waals surface area contributed by atoms with E-state index in [2.05, 4.69) is 6.92 Å². The van der Waals surface area contributed by atoms with Gasteiger partial charge in [-0.2, -0.15) is 0 Å². The van der Waals surface area contributed by atoms with Crippen LogP contribution in [-0.2, 0) is 9.53 Å². The molecule has 2 N–H and O–H groups in total. The highest BCUT2D eigenvalue weighted by atomic mass is 16.5. The molecule has 1 aliphatic rings. The number of benzene rings is 1. The zero-order chi connectivity index (χ0) is 14.5. The Morgan fingerprint density at radius 3 is 2.70 bits per heavy atom. The minimum atomic E-state index is -0.497. The molecule has 1 saturated heterocycles. The minimum Gasteiger partial charge on any atom is -0.452 e. The van der Waals surface area contributed by atoms with E-state index < -0.39 is 5.97 Å². The van der Waals surface area contributed by atoms with Crippen LogP contribution >= 0.6 is 0 Å². The van der Waals surface area contributed by atoms with Gasteiger partial charge in [-0.05, 0) is 43.0 Å². The van der Waals surface area contributed by atoms with Crippen LogP contribution in [0.3, 0.4) is 0 Å². The molecule has 1 fully saturated rings. The second-order valence-electron chi connectivity index (χ2n) is 5.29. The number of hydrogen-bond acceptors (Lipinski definition) is 4. The molecule has 2 rings (SSSR count). The molecule has 0 aromatic heterocycles. The van der Waals surface area contributed by atoms with Gasteiger partial charge in [-0.25, -0.2) is 4.79 Å². The van der Waals surface area contributed by atoms with E-state index in [1.807, 2.05) is 0 Å². The third-order valence-electron chi connectivity index (χ3n) is 3.48. The summed E-state index contributed by atoms with van der Waals surface area (Å²) in [6, 6.07) is 6.44. The van der Waals surface area contributed by atoms with Gasteiger partial charge in [0.2, 0.25) is 0 Å². The number of ether oxygens (including phenoxy) is 1. The van der Waals surface area contributed by atoms with E-state index in [9.17, 15) is 9.59 Å². The largest absolute Gasteiger partial charge is 0.452 e. The van der Waals surface area contributed by atoms with Crippen LogP contribution in [0.25, 0.3) is 0 Å². The molecule has 0 bridgehead atoms. The summed E-state index contributed by atoms with van der Waals surface area (Å²) in [5, 5.41) is 0. The zero-order valence-electron chi connectivity index (χ0n) is 11.7. The van der Waals surface area contributed by atoms with Crippen molar-refractivity contribution in [2.45, 2.75) is 19.8 Å². The molecule has 0 unspecified atom stereocenters. The number of nitrogens with two attached hydrogens (primary N) is 1. The number of rotatable bonds is 3. The highest BCUT2D eigenvalue weighted by molar-refractivity contribution is 5.91. The number of nitrogens with zero attached hydrogens (tertiary/aromatic N) is 1. The number of carbonyl (C=O) groups is 2. The fourth-order valence-electron chi connectivity index (χ4n) is 2.34. The Morgan fingerprint density at radius 2 is 2.05 bits per heavy atom. The lowest BCUT2D eigenvalue weighted by molar-refractivity contribution is -0.136. The van der Waals surface area contributed by atoms with Gasteiger partial charge < -0.3 is 15.4 Å². The van der Waals surface area contributed by atoms with E-state index >= 15 is 0 Å². The second-order valence-corrected chi connectivity index (χ2v) is 5.29. The van der Waals surface area contributed by atoms with Crippen molar-refractivity contribution in [3.8, 4) is 0 Å². The molecular weight excluding hydrogens is 256 g/mol. The molecule has 20 heavy (non-hydrogen) atoms. The van der Waals surface area contributed by atoms with E-state index in [1.54, 1.807) is 29.2 Å². The number of anilines is 1. The molecule has 0 saturated carbocycles. The maximum Gasteiger partial charge on any atom is 0.338 e. The summed E-state index contributed by atoms with van der Waals surface area (Å²) in [7, 11) is 0. The summed E-state index contributed by atoms with van der Waals surface area (Å²) in [5.74, 6) is -0.107. The van der Waals surface area contributed by atoms with Crippen LogP contribution < -0.4 is 5.73 Å². The Kier molecular flexibility index (Phi) is 4.61. The first-order chi connectivity index (χ1) is 9.56. The van der Waals surface area contributed by atoms with Crippen molar-refractivity contribution < 1.29 is 14.3 Å². The van der Waals surface area contributed by atoms with Crippen molar-refractivity contribution in [1.82, 2.24) is 4.90 Å². The maximum absolute atomic E-state index is 12.0. The monoisotopic (exact) mass is 276 g/mol. The fraction of sp³-hybridized carbons (Fsp3) is 0.467. The van der Waals surface area contributed by atoms with Gasteiger partial charge in [0.25, 0.3) is 5.91 Å². The van der Waals surface area contributed by atoms with Gasteiger partial charge in [0.15, 0.2) is 6.61 Å². The number of carbonyl (C=O) groups excluding carboxylic acids is 2. The van der Waals surface area contributed by atoms with Gasteiger partial charge >= 0.3 is 5.97 Å².